The molecule has 2 aromatic rings. The van der Waals surface area contributed by atoms with Gasteiger partial charge in [-0.05, 0) is 37.9 Å². The lowest BCUT2D eigenvalue weighted by molar-refractivity contribution is 1.02. The van der Waals surface area contributed by atoms with Crippen LogP contribution in [-0.4, -0.2) is 18.2 Å². The zero-order valence-electron chi connectivity index (χ0n) is 9.87. The molecular formula is C14H15N3. The van der Waals surface area contributed by atoms with Crippen molar-refractivity contribution in [2.24, 2.45) is 4.99 Å². The van der Waals surface area contributed by atoms with Gasteiger partial charge in [0.2, 0.25) is 0 Å². The van der Waals surface area contributed by atoms with E-state index in [1.54, 1.807) is 12.4 Å². The van der Waals surface area contributed by atoms with Gasteiger partial charge in [0.05, 0.1) is 11.4 Å². The van der Waals surface area contributed by atoms with Crippen molar-refractivity contribution in [2.45, 2.75) is 6.92 Å². The first-order chi connectivity index (χ1) is 8.36. The van der Waals surface area contributed by atoms with E-state index in [0.29, 0.717) is 0 Å². The molecule has 0 unspecified atom stereocenters. The zero-order valence-corrected chi connectivity index (χ0v) is 9.87. The van der Waals surface area contributed by atoms with Gasteiger partial charge in [-0.2, -0.15) is 0 Å². The van der Waals surface area contributed by atoms with Gasteiger partial charge < -0.3 is 4.90 Å². The Hall–Kier alpha value is -2.16. The van der Waals surface area contributed by atoms with Gasteiger partial charge >= 0.3 is 0 Å². The third kappa shape index (κ3) is 2.33. The highest BCUT2D eigenvalue weighted by molar-refractivity contribution is 5.75. The van der Waals surface area contributed by atoms with Crippen LogP contribution in [0.4, 0.5) is 17.1 Å². The van der Waals surface area contributed by atoms with Crippen LogP contribution in [0.25, 0.3) is 0 Å². The molecule has 0 spiro atoms. The van der Waals surface area contributed by atoms with Crippen molar-refractivity contribution in [3.05, 3.63) is 48.8 Å². The van der Waals surface area contributed by atoms with Crippen molar-refractivity contribution in [1.82, 2.24) is 4.98 Å². The molecule has 17 heavy (non-hydrogen) atoms. The average Bonchev–Trinajstić information content (AvgIpc) is 2.41. The molecule has 0 aliphatic heterocycles. The smallest absolute Gasteiger partial charge is 0.0859 e. The summed E-state index contributed by atoms with van der Waals surface area (Å²) >= 11 is 0. The summed E-state index contributed by atoms with van der Waals surface area (Å²) in [6.45, 7) is 6.60. The molecule has 86 valence electrons. The summed E-state index contributed by atoms with van der Waals surface area (Å²) in [4.78, 5) is 10.3. The number of aromatic nitrogens is 1. The predicted molar refractivity (Wildman–Crippen MR) is 72.6 cm³/mol. The molecule has 0 atom stereocenters. The number of para-hydroxylation sites is 2. The van der Waals surface area contributed by atoms with E-state index in [9.17, 15) is 0 Å². The number of hydrogen-bond donors (Lipinski definition) is 0. The molecule has 0 fully saturated rings. The summed E-state index contributed by atoms with van der Waals surface area (Å²) in [7, 11) is 0. The van der Waals surface area contributed by atoms with Crippen molar-refractivity contribution in [2.75, 3.05) is 11.4 Å². The molecule has 0 saturated carbocycles. The fraction of sp³-hybridized carbons (Fsp3) is 0.143. The van der Waals surface area contributed by atoms with E-state index in [4.69, 9.17) is 0 Å². The summed E-state index contributed by atoms with van der Waals surface area (Å²) in [5, 5.41) is 0. The maximum absolute atomic E-state index is 4.06. The fourth-order valence-electron chi connectivity index (χ4n) is 1.84. The third-order valence-electron chi connectivity index (χ3n) is 2.63. The van der Waals surface area contributed by atoms with Crippen LogP contribution >= 0.6 is 0 Å². The average molecular weight is 225 g/mol. The van der Waals surface area contributed by atoms with Crippen molar-refractivity contribution in [3.63, 3.8) is 0 Å². The largest absolute Gasteiger partial charge is 0.340 e. The van der Waals surface area contributed by atoms with Crippen molar-refractivity contribution < 1.29 is 0 Å². The molecule has 1 aromatic heterocycles. The lowest BCUT2D eigenvalue weighted by Crippen LogP contribution is -2.15. The number of rotatable bonds is 4. The monoisotopic (exact) mass is 225 g/mol. The highest BCUT2D eigenvalue weighted by Crippen LogP contribution is 2.32. The summed E-state index contributed by atoms with van der Waals surface area (Å²) in [6, 6.07) is 12.0. The second kappa shape index (κ2) is 5.25. The Morgan fingerprint density at radius 1 is 1.18 bits per heavy atom. The molecule has 0 bridgehead atoms. The first-order valence-electron chi connectivity index (χ1n) is 5.60. The van der Waals surface area contributed by atoms with Crippen LogP contribution in [0.2, 0.25) is 0 Å². The SMILES string of the molecule is C=Nc1ccccc1N(CC)c1ccncc1. The standard InChI is InChI=1S/C14H15N3/c1-3-17(12-8-10-16-11-9-12)14-7-5-4-6-13(14)15-2/h4-11H,2-3H2,1H3. The Morgan fingerprint density at radius 3 is 2.53 bits per heavy atom. The van der Waals surface area contributed by atoms with Gasteiger partial charge in [0, 0.05) is 24.6 Å². The van der Waals surface area contributed by atoms with Gasteiger partial charge in [-0.3, -0.25) is 9.98 Å². The molecule has 0 aliphatic rings. The second-order valence-corrected chi connectivity index (χ2v) is 3.60. The number of pyridine rings is 1. The highest BCUT2D eigenvalue weighted by atomic mass is 15.1. The third-order valence-corrected chi connectivity index (χ3v) is 2.63. The summed E-state index contributed by atoms with van der Waals surface area (Å²) < 4.78 is 0. The Balaban J connectivity index is 2.46. The highest BCUT2D eigenvalue weighted by Gasteiger charge is 2.09. The van der Waals surface area contributed by atoms with Gasteiger partial charge in [0.25, 0.3) is 0 Å². The number of anilines is 2. The van der Waals surface area contributed by atoms with E-state index < -0.39 is 0 Å². The molecular weight excluding hydrogens is 210 g/mol. The van der Waals surface area contributed by atoms with E-state index in [0.717, 1.165) is 23.6 Å². The van der Waals surface area contributed by atoms with E-state index >= 15 is 0 Å². The Morgan fingerprint density at radius 2 is 1.88 bits per heavy atom. The Bertz CT molecular complexity index is 494. The number of benzene rings is 1. The minimum absolute atomic E-state index is 0.872. The van der Waals surface area contributed by atoms with Crippen molar-refractivity contribution in [1.29, 1.82) is 0 Å². The molecule has 3 heteroatoms. The fourth-order valence-corrected chi connectivity index (χ4v) is 1.84. The number of aliphatic imine (C=N–C) groups is 1. The molecule has 0 N–H and O–H groups in total. The molecule has 0 radical (unpaired) electrons. The quantitative estimate of drug-likeness (QED) is 0.744. The van der Waals surface area contributed by atoms with Gasteiger partial charge in [0.15, 0.2) is 0 Å². The lowest BCUT2D eigenvalue weighted by Gasteiger charge is -2.24. The van der Waals surface area contributed by atoms with Gasteiger partial charge in [0.1, 0.15) is 0 Å². The van der Waals surface area contributed by atoms with Crippen LogP contribution in [0.5, 0.6) is 0 Å². The van der Waals surface area contributed by atoms with Crippen LogP contribution in [0.15, 0.2) is 53.8 Å². The summed E-state index contributed by atoms with van der Waals surface area (Å²) in [5.41, 5.74) is 3.07. The topological polar surface area (TPSA) is 28.5 Å². The van der Waals surface area contributed by atoms with Crippen LogP contribution in [0.1, 0.15) is 6.92 Å². The van der Waals surface area contributed by atoms with Crippen LogP contribution in [0.3, 0.4) is 0 Å². The van der Waals surface area contributed by atoms with E-state index in [-0.39, 0.29) is 0 Å². The predicted octanol–water partition coefficient (Wildman–Crippen LogP) is 3.57. The normalized spacial score (nSPS) is 9.94. The van der Waals surface area contributed by atoms with Crippen LogP contribution in [0, 0.1) is 0 Å². The molecule has 0 saturated heterocycles. The first-order valence-corrected chi connectivity index (χ1v) is 5.60. The van der Waals surface area contributed by atoms with E-state index in [1.807, 2.05) is 36.4 Å². The van der Waals surface area contributed by atoms with Gasteiger partial charge in [-0.1, -0.05) is 12.1 Å². The minimum Gasteiger partial charge on any atom is -0.340 e. The molecule has 0 aliphatic carbocycles. The second-order valence-electron chi connectivity index (χ2n) is 3.60. The molecule has 2 rings (SSSR count). The molecule has 1 aromatic carbocycles. The van der Waals surface area contributed by atoms with Crippen LogP contribution < -0.4 is 4.90 Å². The Kier molecular flexibility index (Phi) is 3.50. The first kappa shape index (κ1) is 11.3. The maximum atomic E-state index is 4.06. The summed E-state index contributed by atoms with van der Waals surface area (Å²) in [6.07, 6.45) is 3.59. The number of hydrogen-bond acceptors (Lipinski definition) is 3. The van der Waals surface area contributed by atoms with Crippen molar-refractivity contribution >= 4 is 23.8 Å². The molecule has 3 nitrogen and oxygen atoms in total. The molecule has 1 heterocycles. The lowest BCUT2D eigenvalue weighted by atomic mass is 10.2. The van der Waals surface area contributed by atoms with Gasteiger partial charge in [-0.25, -0.2) is 0 Å². The summed E-state index contributed by atoms with van der Waals surface area (Å²) in [5.74, 6) is 0. The zero-order chi connectivity index (χ0) is 12.1. The maximum Gasteiger partial charge on any atom is 0.0859 e. The Labute approximate surface area is 101 Å². The van der Waals surface area contributed by atoms with Crippen molar-refractivity contribution in [3.8, 4) is 0 Å². The van der Waals surface area contributed by atoms with E-state index in [1.165, 1.54) is 0 Å². The molecule has 0 amide bonds. The number of nitrogens with zero attached hydrogens (tertiary/aromatic N) is 3. The van der Waals surface area contributed by atoms with Gasteiger partial charge in [-0.15, -0.1) is 0 Å². The van der Waals surface area contributed by atoms with E-state index in [2.05, 4.69) is 28.5 Å². The minimum atomic E-state index is 0.872. The van der Waals surface area contributed by atoms with Crippen LogP contribution in [-0.2, 0) is 0 Å².